The molecule has 0 bridgehead atoms. The molecule has 1 nitrogen and oxygen atoms in total. The lowest BCUT2D eigenvalue weighted by Gasteiger charge is -2.18. The van der Waals surface area contributed by atoms with E-state index in [0.29, 0.717) is 10.8 Å². The summed E-state index contributed by atoms with van der Waals surface area (Å²) in [6, 6.07) is 11.6. The molecule has 0 heterocycles. The Morgan fingerprint density at radius 1 is 1.14 bits per heavy atom. The first kappa shape index (κ1) is 16.3. The van der Waals surface area contributed by atoms with E-state index in [9.17, 15) is 8.78 Å². The maximum atomic E-state index is 13.4. The summed E-state index contributed by atoms with van der Waals surface area (Å²) in [7, 11) is 0. The Kier molecular flexibility index (Phi) is 6.03. The van der Waals surface area contributed by atoms with Gasteiger partial charge in [-0.05, 0) is 42.4 Å². The van der Waals surface area contributed by atoms with E-state index in [-0.39, 0.29) is 6.04 Å². The predicted molar refractivity (Wildman–Crippen MR) is 85.0 cm³/mol. The smallest absolute Gasteiger partial charge is 0.159 e. The standard InChI is InChI=1S/C16H16ClF2NS/c1-2-20-16(11-6-7-14(18)15(19)8-11)10-21-13-5-3-4-12(17)9-13/h3-9,16,20H,2,10H2,1H3. The summed E-state index contributed by atoms with van der Waals surface area (Å²) < 4.78 is 26.4. The van der Waals surface area contributed by atoms with Gasteiger partial charge in [0.05, 0.1) is 0 Å². The van der Waals surface area contributed by atoms with E-state index in [1.807, 2.05) is 31.2 Å². The van der Waals surface area contributed by atoms with Gasteiger partial charge >= 0.3 is 0 Å². The first-order valence-corrected chi connectivity index (χ1v) is 8.03. The summed E-state index contributed by atoms with van der Waals surface area (Å²) in [5, 5.41) is 3.98. The SMILES string of the molecule is CCNC(CSc1cccc(Cl)c1)c1ccc(F)c(F)c1. The number of rotatable bonds is 6. The molecule has 2 aromatic rings. The summed E-state index contributed by atoms with van der Waals surface area (Å²) in [5.41, 5.74) is 0.741. The molecule has 112 valence electrons. The van der Waals surface area contributed by atoms with Crippen LogP contribution in [-0.2, 0) is 0 Å². The number of nitrogens with one attached hydrogen (secondary N) is 1. The van der Waals surface area contributed by atoms with Gasteiger partial charge in [0.15, 0.2) is 11.6 Å². The third kappa shape index (κ3) is 4.70. The molecule has 0 saturated carbocycles. The van der Waals surface area contributed by atoms with E-state index in [4.69, 9.17) is 11.6 Å². The first-order chi connectivity index (χ1) is 10.1. The van der Waals surface area contributed by atoms with Gasteiger partial charge in [0.1, 0.15) is 0 Å². The Balaban J connectivity index is 2.09. The van der Waals surface area contributed by atoms with Crippen LogP contribution in [0.15, 0.2) is 47.4 Å². The van der Waals surface area contributed by atoms with Crippen LogP contribution in [0.25, 0.3) is 0 Å². The molecule has 0 fully saturated rings. The maximum Gasteiger partial charge on any atom is 0.159 e. The van der Waals surface area contributed by atoms with Crippen molar-refractivity contribution < 1.29 is 8.78 Å². The molecule has 21 heavy (non-hydrogen) atoms. The lowest BCUT2D eigenvalue weighted by atomic mass is 10.1. The highest BCUT2D eigenvalue weighted by Gasteiger charge is 2.13. The zero-order valence-corrected chi connectivity index (χ0v) is 13.1. The average Bonchev–Trinajstić information content (AvgIpc) is 2.46. The molecule has 0 aliphatic heterocycles. The van der Waals surface area contributed by atoms with Gasteiger partial charge in [-0.25, -0.2) is 8.78 Å². The second kappa shape index (κ2) is 7.78. The van der Waals surface area contributed by atoms with Gasteiger partial charge in [0.25, 0.3) is 0 Å². The Morgan fingerprint density at radius 3 is 2.62 bits per heavy atom. The van der Waals surface area contributed by atoms with Crippen molar-refractivity contribution in [3.8, 4) is 0 Å². The molecule has 0 aliphatic rings. The van der Waals surface area contributed by atoms with Crippen LogP contribution in [-0.4, -0.2) is 12.3 Å². The highest BCUT2D eigenvalue weighted by atomic mass is 35.5. The Hall–Kier alpha value is -1.10. The monoisotopic (exact) mass is 327 g/mol. The van der Waals surface area contributed by atoms with Crippen LogP contribution in [0.1, 0.15) is 18.5 Å². The van der Waals surface area contributed by atoms with E-state index in [0.717, 1.165) is 17.0 Å². The van der Waals surface area contributed by atoms with E-state index < -0.39 is 11.6 Å². The molecule has 0 amide bonds. The number of hydrogen-bond acceptors (Lipinski definition) is 2. The molecule has 2 rings (SSSR count). The summed E-state index contributed by atoms with van der Waals surface area (Å²) in [6.45, 7) is 2.73. The molecule has 5 heteroatoms. The predicted octanol–water partition coefficient (Wildman–Crippen LogP) is 5.06. The highest BCUT2D eigenvalue weighted by Crippen LogP contribution is 2.27. The minimum Gasteiger partial charge on any atom is -0.309 e. The molecule has 1 unspecified atom stereocenters. The molecule has 1 atom stereocenters. The second-order valence-electron chi connectivity index (χ2n) is 4.55. The zero-order valence-electron chi connectivity index (χ0n) is 11.6. The van der Waals surface area contributed by atoms with Crippen molar-refractivity contribution in [2.75, 3.05) is 12.3 Å². The van der Waals surface area contributed by atoms with E-state index in [1.165, 1.54) is 12.1 Å². The van der Waals surface area contributed by atoms with Crippen LogP contribution in [0.4, 0.5) is 8.78 Å². The second-order valence-corrected chi connectivity index (χ2v) is 6.08. The van der Waals surface area contributed by atoms with Gasteiger partial charge in [-0.3, -0.25) is 0 Å². The Labute approximate surface area is 132 Å². The third-order valence-electron chi connectivity index (χ3n) is 3.01. The molecular formula is C16H16ClF2NS. The molecule has 1 N–H and O–H groups in total. The van der Waals surface area contributed by atoms with Crippen molar-refractivity contribution in [3.63, 3.8) is 0 Å². The minimum atomic E-state index is -0.823. The lowest BCUT2D eigenvalue weighted by molar-refractivity contribution is 0.502. The molecule has 0 saturated heterocycles. The fourth-order valence-corrected chi connectivity index (χ4v) is 3.29. The normalized spacial score (nSPS) is 12.4. The minimum absolute atomic E-state index is 0.0471. The average molecular weight is 328 g/mol. The van der Waals surface area contributed by atoms with Crippen molar-refractivity contribution in [3.05, 3.63) is 64.7 Å². The largest absolute Gasteiger partial charge is 0.309 e. The van der Waals surface area contributed by atoms with Crippen LogP contribution in [0.2, 0.25) is 5.02 Å². The number of hydrogen-bond donors (Lipinski definition) is 1. The van der Waals surface area contributed by atoms with Crippen molar-refractivity contribution in [1.29, 1.82) is 0 Å². The van der Waals surface area contributed by atoms with Gasteiger partial charge in [0.2, 0.25) is 0 Å². The van der Waals surface area contributed by atoms with Crippen LogP contribution >= 0.6 is 23.4 Å². The topological polar surface area (TPSA) is 12.0 Å². The van der Waals surface area contributed by atoms with Crippen molar-refractivity contribution >= 4 is 23.4 Å². The fraction of sp³-hybridized carbons (Fsp3) is 0.250. The van der Waals surface area contributed by atoms with Gasteiger partial charge in [-0.1, -0.05) is 30.7 Å². The van der Waals surface area contributed by atoms with Gasteiger partial charge in [-0.15, -0.1) is 11.8 Å². The molecule has 0 radical (unpaired) electrons. The van der Waals surface area contributed by atoms with Gasteiger partial charge < -0.3 is 5.32 Å². The number of thioether (sulfide) groups is 1. The summed E-state index contributed by atoms with van der Waals surface area (Å²) in [4.78, 5) is 1.05. The Bertz CT molecular complexity index is 607. The fourth-order valence-electron chi connectivity index (χ4n) is 1.98. The third-order valence-corrected chi connectivity index (χ3v) is 4.33. The molecule has 0 aromatic heterocycles. The van der Waals surface area contributed by atoms with E-state index in [1.54, 1.807) is 17.8 Å². The van der Waals surface area contributed by atoms with Crippen LogP contribution in [0, 0.1) is 11.6 Å². The van der Waals surface area contributed by atoms with Crippen molar-refractivity contribution in [1.82, 2.24) is 5.32 Å². The van der Waals surface area contributed by atoms with E-state index in [2.05, 4.69) is 5.32 Å². The van der Waals surface area contributed by atoms with E-state index >= 15 is 0 Å². The Morgan fingerprint density at radius 2 is 1.95 bits per heavy atom. The van der Waals surface area contributed by atoms with Crippen molar-refractivity contribution in [2.24, 2.45) is 0 Å². The van der Waals surface area contributed by atoms with Gasteiger partial charge in [-0.2, -0.15) is 0 Å². The quantitative estimate of drug-likeness (QED) is 0.744. The van der Waals surface area contributed by atoms with Crippen LogP contribution < -0.4 is 5.32 Å². The van der Waals surface area contributed by atoms with Crippen molar-refractivity contribution in [2.45, 2.75) is 17.9 Å². The molecule has 0 spiro atoms. The molecule has 2 aromatic carbocycles. The molecular weight excluding hydrogens is 312 g/mol. The maximum absolute atomic E-state index is 13.4. The summed E-state index contributed by atoms with van der Waals surface area (Å²) >= 11 is 7.58. The zero-order chi connectivity index (χ0) is 15.2. The highest BCUT2D eigenvalue weighted by molar-refractivity contribution is 7.99. The summed E-state index contributed by atoms with van der Waals surface area (Å²) in [6.07, 6.45) is 0. The van der Waals surface area contributed by atoms with Crippen LogP contribution in [0.3, 0.4) is 0 Å². The summed E-state index contributed by atoms with van der Waals surface area (Å²) in [5.74, 6) is -0.932. The number of benzene rings is 2. The molecule has 0 aliphatic carbocycles. The number of halogens is 3. The lowest BCUT2D eigenvalue weighted by Crippen LogP contribution is -2.23. The van der Waals surface area contributed by atoms with Crippen LogP contribution in [0.5, 0.6) is 0 Å². The van der Waals surface area contributed by atoms with Gasteiger partial charge in [0, 0.05) is 21.7 Å². The first-order valence-electron chi connectivity index (χ1n) is 6.67.